The van der Waals surface area contributed by atoms with Gasteiger partial charge in [0.25, 0.3) is 5.56 Å². The van der Waals surface area contributed by atoms with Crippen LogP contribution in [0.3, 0.4) is 0 Å². The molecule has 1 aromatic carbocycles. The Bertz CT molecular complexity index is 1090. The van der Waals surface area contributed by atoms with Crippen molar-refractivity contribution in [3.05, 3.63) is 52.1 Å². The Morgan fingerprint density at radius 2 is 2.00 bits per heavy atom. The highest BCUT2D eigenvalue weighted by molar-refractivity contribution is 5.80. The van der Waals surface area contributed by atoms with Crippen molar-refractivity contribution in [2.75, 3.05) is 13.7 Å². The third-order valence-corrected chi connectivity index (χ3v) is 4.03. The Morgan fingerprint density at radius 3 is 2.56 bits per heavy atom. The predicted molar refractivity (Wildman–Crippen MR) is 90.7 cm³/mol. The second-order valence-corrected chi connectivity index (χ2v) is 5.81. The minimum Gasteiger partial charge on any atom is -0.497 e. The minimum atomic E-state index is -4.95. The number of methoxy groups -OCH3 is 1. The summed E-state index contributed by atoms with van der Waals surface area (Å²) in [7, 11) is 1.49. The van der Waals surface area contributed by atoms with Crippen molar-refractivity contribution < 1.29 is 25.8 Å². The maximum absolute atomic E-state index is 13.5. The van der Waals surface area contributed by atoms with Crippen molar-refractivity contribution in [1.29, 1.82) is 0 Å². The molecule has 0 saturated carbocycles. The number of fused-ring (bicyclic) bond motifs is 1. The Morgan fingerprint density at radius 1 is 1.33 bits per heavy atom. The van der Waals surface area contributed by atoms with Crippen LogP contribution < -0.4 is 10.3 Å². The molecule has 0 aliphatic rings. The molecule has 1 unspecified atom stereocenters. The van der Waals surface area contributed by atoms with Gasteiger partial charge < -0.3 is 9.84 Å². The Labute approximate surface area is 154 Å². The molecule has 0 aliphatic heterocycles. The molecule has 10 heteroatoms. The summed E-state index contributed by atoms with van der Waals surface area (Å²) in [5.74, 6) is 0.581. The van der Waals surface area contributed by atoms with E-state index in [2.05, 4.69) is 10.2 Å². The van der Waals surface area contributed by atoms with E-state index in [1.54, 1.807) is 24.3 Å². The third-order valence-electron chi connectivity index (χ3n) is 4.03. The maximum Gasteiger partial charge on any atom is 0.435 e. The average Bonchev–Trinajstić information content (AvgIpc) is 3.04. The van der Waals surface area contributed by atoms with Crippen molar-refractivity contribution in [3.8, 4) is 5.75 Å². The summed E-state index contributed by atoms with van der Waals surface area (Å²) in [5, 5.41) is 16.1. The van der Waals surface area contributed by atoms with Gasteiger partial charge in [-0.15, -0.1) is 0 Å². The first-order chi connectivity index (χ1) is 13.4. The van der Waals surface area contributed by atoms with E-state index in [0.717, 1.165) is 17.8 Å². The molecule has 144 valence electrons. The summed E-state index contributed by atoms with van der Waals surface area (Å²) in [6.07, 6.45) is -3.95. The summed E-state index contributed by atoms with van der Waals surface area (Å²) in [6.45, 7) is -1.80. The van der Waals surface area contributed by atoms with Gasteiger partial charge in [-0.2, -0.15) is 23.4 Å². The topological polar surface area (TPSA) is 82.2 Å². The number of benzene rings is 1. The standard InChI is InChI=1S/C17H17F3N4O3/c1-10(9-25)24-13-7-21-23(8-11-3-5-12(27-2)6-4-11)16(26)14(13)15(22-24)17(18,19)20/h3-7,10,25H,8-9H2,1-2H3/i9D2. The summed E-state index contributed by atoms with van der Waals surface area (Å²) in [6, 6.07) is 5.09. The van der Waals surface area contributed by atoms with Gasteiger partial charge >= 0.3 is 6.18 Å². The molecule has 0 spiro atoms. The average molecular weight is 384 g/mol. The molecule has 1 atom stereocenters. The van der Waals surface area contributed by atoms with Gasteiger partial charge in [-0.25, -0.2) is 4.68 Å². The van der Waals surface area contributed by atoms with E-state index >= 15 is 0 Å². The van der Waals surface area contributed by atoms with Crippen LogP contribution in [-0.2, 0) is 12.7 Å². The van der Waals surface area contributed by atoms with Gasteiger partial charge in [-0.1, -0.05) is 12.1 Å². The fourth-order valence-corrected chi connectivity index (χ4v) is 2.65. The number of aliphatic hydroxyl groups is 1. The number of halogens is 3. The number of rotatable bonds is 5. The molecule has 0 aliphatic carbocycles. The van der Waals surface area contributed by atoms with Crippen LogP contribution in [-0.4, -0.2) is 38.3 Å². The molecular weight excluding hydrogens is 365 g/mol. The van der Waals surface area contributed by atoms with Crippen molar-refractivity contribution >= 4 is 10.9 Å². The first-order valence-electron chi connectivity index (χ1n) is 8.84. The number of nitrogens with zero attached hydrogens (tertiary/aromatic N) is 4. The molecule has 3 rings (SSSR count). The van der Waals surface area contributed by atoms with Gasteiger partial charge in [0.2, 0.25) is 0 Å². The van der Waals surface area contributed by atoms with Crippen LogP contribution in [0, 0.1) is 0 Å². The molecule has 7 nitrogen and oxygen atoms in total. The van der Waals surface area contributed by atoms with E-state index < -0.39 is 35.4 Å². The van der Waals surface area contributed by atoms with E-state index in [0.29, 0.717) is 16.0 Å². The van der Waals surface area contributed by atoms with Crippen LogP contribution in [0.5, 0.6) is 5.75 Å². The Balaban J connectivity index is 2.16. The summed E-state index contributed by atoms with van der Waals surface area (Å²) in [4.78, 5) is 12.8. The highest BCUT2D eigenvalue weighted by Gasteiger charge is 2.39. The summed E-state index contributed by atoms with van der Waals surface area (Å²) in [5.41, 5.74) is -2.19. The number of ether oxygens (including phenoxy) is 1. The Kier molecular flexibility index (Phi) is 4.24. The fourth-order valence-electron chi connectivity index (χ4n) is 2.65. The van der Waals surface area contributed by atoms with Gasteiger partial charge in [-0.3, -0.25) is 9.48 Å². The molecule has 2 heterocycles. The molecule has 0 fully saturated rings. The molecule has 3 aromatic rings. The number of aromatic nitrogens is 4. The van der Waals surface area contributed by atoms with E-state index in [1.807, 2.05) is 0 Å². The first-order valence-corrected chi connectivity index (χ1v) is 7.84. The molecule has 0 saturated heterocycles. The van der Waals surface area contributed by atoms with E-state index in [9.17, 15) is 23.1 Å². The van der Waals surface area contributed by atoms with Crippen LogP contribution in [0.25, 0.3) is 10.9 Å². The lowest BCUT2D eigenvalue weighted by Gasteiger charge is -2.10. The van der Waals surface area contributed by atoms with Crippen molar-refractivity contribution in [3.63, 3.8) is 0 Å². The fraction of sp³-hybridized carbons (Fsp3) is 0.353. The molecule has 0 amide bonds. The highest BCUT2D eigenvalue weighted by atomic mass is 19.4. The van der Waals surface area contributed by atoms with E-state index in [1.165, 1.54) is 7.11 Å². The number of alkyl halides is 3. The predicted octanol–water partition coefficient (Wildman–Crippen LogP) is 2.22. The Hall–Kier alpha value is -2.88. The minimum absolute atomic E-state index is 0.0857. The number of hydrogen-bond acceptors (Lipinski definition) is 5. The van der Waals surface area contributed by atoms with Crippen LogP contribution in [0.15, 0.2) is 35.3 Å². The van der Waals surface area contributed by atoms with Gasteiger partial charge in [-0.05, 0) is 24.6 Å². The molecule has 0 bridgehead atoms. The lowest BCUT2D eigenvalue weighted by atomic mass is 10.2. The van der Waals surface area contributed by atoms with E-state index in [-0.39, 0.29) is 12.1 Å². The monoisotopic (exact) mass is 384 g/mol. The van der Waals surface area contributed by atoms with Gasteiger partial charge in [0.05, 0.1) is 40.7 Å². The van der Waals surface area contributed by atoms with Crippen molar-refractivity contribution in [2.24, 2.45) is 0 Å². The van der Waals surface area contributed by atoms with Crippen LogP contribution in [0.2, 0.25) is 0 Å². The highest BCUT2D eigenvalue weighted by Crippen LogP contribution is 2.33. The second kappa shape index (κ2) is 7.03. The van der Waals surface area contributed by atoms with Crippen molar-refractivity contribution in [1.82, 2.24) is 19.6 Å². The zero-order valence-corrected chi connectivity index (χ0v) is 14.4. The molecule has 2 aromatic heterocycles. The largest absolute Gasteiger partial charge is 0.497 e. The molecular formula is C17H17F3N4O3. The molecule has 27 heavy (non-hydrogen) atoms. The van der Waals surface area contributed by atoms with Crippen LogP contribution in [0.1, 0.15) is 27.0 Å². The quantitative estimate of drug-likeness (QED) is 0.730. The normalized spacial score (nSPS) is 14.7. The lowest BCUT2D eigenvalue weighted by molar-refractivity contribution is -0.140. The van der Waals surface area contributed by atoms with Gasteiger partial charge in [0.15, 0.2) is 5.69 Å². The lowest BCUT2D eigenvalue weighted by Crippen LogP contribution is -2.25. The van der Waals surface area contributed by atoms with Gasteiger partial charge in [0.1, 0.15) is 11.1 Å². The second-order valence-electron chi connectivity index (χ2n) is 5.81. The smallest absolute Gasteiger partial charge is 0.435 e. The van der Waals surface area contributed by atoms with Crippen LogP contribution >= 0.6 is 0 Å². The van der Waals surface area contributed by atoms with Crippen LogP contribution in [0.4, 0.5) is 13.2 Å². The summed E-state index contributed by atoms with van der Waals surface area (Å²) < 4.78 is 61.7. The van der Waals surface area contributed by atoms with Gasteiger partial charge in [0, 0.05) is 0 Å². The zero-order valence-electron chi connectivity index (χ0n) is 16.4. The third kappa shape index (κ3) is 3.52. The van der Waals surface area contributed by atoms with Crippen molar-refractivity contribution in [2.45, 2.75) is 25.7 Å². The zero-order chi connectivity index (χ0) is 21.6. The SMILES string of the molecule is [2H]C([2H])(O)C(C)n1nc(C(F)(F)F)c2c(=O)n(Cc3ccc(OC)cc3)ncc21. The molecule has 0 radical (unpaired) electrons. The van der Waals surface area contributed by atoms with E-state index in [4.69, 9.17) is 7.48 Å². The maximum atomic E-state index is 13.5. The first kappa shape index (κ1) is 16.3. The summed E-state index contributed by atoms with van der Waals surface area (Å²) >= 11 is 0. The molecule has 1 N–H and O–H groups in total. The number of hydrogen-bond donors (Lipinski definition) is 1.